The van der Waals surface area contributed by atoms with E-state index in [1.165, 1.54) is 18.2 Å². The van der Waals surface area contributed by atoms with Crippen LogP contribution in [0.25, 0.3) is 21.9 Å². The maximum absolute atomic E-state index is 10.9. The lowest BCUT2D eigenvalue weighted by Gasteiger charge is -2.05. The Kier molecular flexibility index (Phi) is 2.01. The number of fused-ring (bicyclic) bond motifs is 3. The molecule has 5 heteroatoms. The highest BCUT2D eigenvalue weighted by Gasteiger charge is 2.09. The third-order valence-electron chi connectivity index (χ3n) is 2.64. The Morgan fingerprint density at radius 2 is 1.65 bits per heavy atom. The van der Waals surface area contributed by atoms with E-state index >= 15 is 0 Å². The van der Waals surface area contributed by atoms with Crippen LogP contribution in [0.4, 0.5) is 0 Å². The number of rotatable bonds is 1. The van der Waals surface area contributed by atoms with Gasteiger partial charge in [0.2, 0.25) is 0 Å². The molecular weight excluding hydrogens is 240 g/mol. The van der Waals surface area contributed by atoms with Crippen molar-refractivity contribution in [2.24, 2.45) is 0 Å². The van der Waals surface area contributed by atoms with Crippen LogP contribution in [0.2, 0.25) is 0 Å². The molecule has 0 amide bonds. The van der Waals surface area contributed by atoms with Crippen molar-refractivity contribution in [3.63, 3.8) is 0 Å². The fourth-order valence-corrected chi connectivity index (χ4v) is 2.36. The van der Waals surface area contributed by atoms with Crippen molar-refractivity contribution in [3.05, 3.63) is 42.5 Å². The van der Waals surface area contributed by atoms with Crippen LogP contribution in [-0.4, -0.2) is 13.0 Å². The SMILES string of the molecule is O=S(=O)([O-])c1ccc2oc3ccccc3c2c1. The van der Waals surface area contributed by atoms with Crippen LogP contribution >= 0.6 is 0 Å². The molecule has 0 bridgehead atoms. The molecule has 2 aromatic carbocycles. The Labute approximate surface area is 97.2 Å². The molecule has 1 aromatic heterocycles. The summed E-state index contributed by atoms with van der Waals surface area (Å²) in [6, 6.07) is 11.4. The molecule has 0 saturated heterocycles. The first-order valence-electron chi connectivity index (χ1n) is 4.93. The van der Waals surface area contributed by atoms with Crippen molar-refractivity contribution >= 4 is 32.1 Å². The average molecular weight is 247 g/mol. The number of benzene rings is 2. The largest absolute Gasteiger partial charge is 0.744 e. The zero-order chi connectivity index (χ0) is 12.0. The van der Waals surface area contributed by atoms with Crippen LogP contribution in [0.1, 0.15) is 0 Å². The van der Waals surface area contributed by atoms with Crippen molar-refractivity contribution in [1.82, 2.24) is 0 Å². The van der Waals surface area contributed by atoms with Gasteiger partial charge in [-0.2, -0.15) is 0 Å². The van der Waals surface area contributed by atoms with E-state index in [0.717, 1.165) is 5.39 Å². The highest BCUT2D eigenvalue weighted by Crippen LogP contribution is 2.29. The Bertz CT molecular complexity index is 815. The molecule has 4 nitrogen and oxygen atoms in total. The van der Waals surface area contributed by atoms with Gasteiger partial charge < -0.3 is 8.97 Å². The summed E-state index contributed by atoms with van der Waals surface area (Å²) >= 11 is 0. The lowest BCUT2D eigenvalue weighted by atomic mass is 10.1. The first-order chi connectivity index (χ1) is 8.05. The minimum atomic E-state index is -4.43. The predicted octanol–water partition coefficient (Wildman–Crippen LogP) is 2.49. The van der Waals surface area contributed by atoms with Crippen LogP contribution in [0, 0.1) is 0 Å². The zero-order valence-corrected chi connectivity index (χ0v) is 9.40. The fourth-order valence-electron chi connectivity index (χ4n) is 1.86. The summed E-state index contributed by atoms with van der Waals surface area (Å²) in [5, 5.41) is 1.44. The molecule has 0 unspecified atom stereocenters. The molecule has 0 aliphatic carbocycles. The van der Waals surface area contributed by atoms with Gasteiger partial charge in [-0.1, -0.05) is 18.2 Å². The standard InChI is InChI=1S/C12H8O4S/c13-17(14,15)8-5-6-12-10(7-8)9-3-1-2-4-11(9)16-12/h1-7H,(H,13,14,15)/p-1. The summed E-state index contributed by atoms with van der Waals surface area (Å²) < 4.78 is 38.4. The van der Waals surface area contributed by atoms with E-state index in [1.807, 2.05) is 18.2 Å². The molecule has 0 saturated carbocycles. The number of para-hydroxylation sites is 1. The monoisotopic (exact) mass is 247 g/mol. The second kappa shape index (κ2) is 3.32. The molecule has 0 aliphatic rings. The van der Waals surface area contributed by atoms with E-state index in [0.29, 0.717) is 16.6 Å². The predicted molar refractivity (Wildman–Crippen MR) is 61.7 cm³/mol. The van der Waals surface area contributed by atoms with E-state index in [9.17, 15) is 13.0 Å². The highest BCUT2D eigenvalue weighted by atomic mass is 32.2. The topological polar surface area (TPSA) is 70.3 Å². The first-order valence-corrected chi connectivity index (χ1v) is 6.34. The van der Waals surface area contributed by atoms with Crippen LogP contribution in [0.5, 0.6) is 0 Å². The first kappa shape index (κ1) is 10.3. The lowest BCUT2D eigenvalue weighted by molar-refractivity contribution is 0.463. The minimum absolute atomic E-state index is 0.239. The molecule has 1 heterocycles. The van der Waals surface area contributed by atoms with Crippen molar-refractivity contribution in [2.75, 3.05) is 0 Å². The second-order valence-corrected chi connectivity index (χ2v) is 5.09. The van der Waals surface area contributed by atoms with E-state index in [1.54, 1.807) is 6.07 Å². The van der Waals surface area contributed by atoms with E-state index < -0.39 is 10.1 Å². The number of furan rings is 1. The maximum atomic E-state index is 10.9. The van der Waals surface area contributed by atoms with E-state index in [2.05, 4.69) is 0 Å². The van der Waals surface area contributed by atoms with Crippen LogP contribution < -0.4 is 0 Å². The van der Waals surface area contributed by atoms with Crippen LogP contribution in [0.3, 0.4) is 0 Å². The molecule has 0 fully saturated rings. The second-order valence-electron chi connectivity index (χ2n) is 3.71. The molecule has 0 radical (unpaired) electrons. The molecule has 3 aromatic rings. The molecule has 0 atom stereocenters. The normalized spacial score (nSPS) is 12.3. The third kappa shape index (κ3) is 1.60. The van der Waals surface area contributed by atoms with Gasteiger partial charge in [0.1, 0.15) is 21.3 Å². The Morgan fingerprint density at radius 1 is 0.941 bits per heavy atom. The van der Waals surface area contributed by atoms with Gasteiger partial charge in [0.05, 0.1) is 4.90 Å². The number of hydrogen-bond acceptors (Lipinski definition) is 4. The summed E-state index contributed by atoms with van der Waals surface area (Å²) in [5.74, 6) is 0. The average Bonchev–Trinajstić information content (AvgIpc) is 2.65. The molecule has 0 aliphatic heterocycles. The quantitative estimate of drug-likeness (QED) is 0.619. The number of hydrogen-bond donors (Lipinski definition) is 0. The third-order valence-corrected chi connectivity index (χ3v) is 3.47. The smallest absolute Gasteiger partial charge is 0.135 e. The van der Waals surface area contributed by atoms with Gasteiger partial charge in [0, 0.05) is 10.8 Å². The van der Waals surface area contributed by atoms with Gasteiger partial charge in [-0.15, -0.1) is 0 Å². The van der Waals surface area contributed by atoms with Gasteiger partial charge in [-0.25, -0.2) is 8.42 Å². The Hall–Kier alpha value is -1.85. The van der Waals surface area contributed by atoms with Gasteiger partial charge in [-0.3, -0.25) is 0 Å². The summed E-state index contributed by atoms with van der Waals surface area (Å²) in [4.78, 5) is -0.239. The summed E-state index contributed by atoms with van der Waals surface area (Å²) in [5.41, 5.74) is 1.24. The van der Waals surface area contributed by atoms with Gasteiger partial charge in [0.15, 0.2) is 0 Å². The molecule has 86 valence electrons. The van der Waals surface area contributed by atoms with Crippen LogP contribution in [-0.2, 0) is 10.1 Å². The van der Waals surface area contributed by atoms with Gasteiger partial charge in [0.25, 0.3) is 0 Å². The van der Waals surface area contributed by atoms with Crippen molar-refractivity contribution in [1.29, 1.82) is 0 Å². The minimum Gasteiger partial charge on any atom is -0.744 e. The van der Waals surface area contributed by atoms with E-state index in [-0.39, 0.29) is 4.90 Å². The lowest BCUT2D eigenvalue weighted by Crippen LogP contribution is -1.97. The van der Waals surface area contributed by atoms with Crippen molar-refractivity contribution in [3.8, 4) is 0 Å². The van der Waals surface area contributed by atoms with Gasteiger partial charge in [-0.05, 0) is 24.3 Å². The van der Waals surface area contributed by atoms with Crippen molar-refractivity contribution in [2.45, 2.75) is 4.90 Å². The summed E-state index contributed by atoms with van der Waals surface area (Å²) in [6.07, 6.45) is 0. The zero-order valence-electron chi connectivity index (χ0n) is 8.58. The molecular formula is C12H7O4S-. The van der Waals surface area contributed by atoms with E-state index in [4.69, 9.17) is 4.42 Å². The fraction of sp³-hybridized carbons (Fsp3) is 0. The molecule has 17 heavy (non-hydrogen) atoms. The molecule has 0 N–H and O–H groups in total. The van der Waals surface area contributed by atoms with Crippen molar-refractivity contribution < 1.29 is 17.4 Å². The van der Waals surface area contributed by atoms with Crippen LogP contribution in [0.15, 0.2) is 51.8 Å². The molecule has 0 spiro atoms. The molecule has 3 rings (SSSR count). The Morgan fingerprint density at radius 3 is 2.41 bits per heavy atom. The Balaban J connectivity index is 2.46. The van der Waals surface area contributed by atoms with Gasteiger partial charge >= 0.3 is 0 Å². The highest BCUT2D eigenvalue weighted by molar-refractivity contribution is 7.85. The summed E-state index contributed by atoms with van der Waals surface area (Å²) in [7, 11) is -4.43. The summed E-state index contributed by atoms with van der Waals surface area (Å²) in [6.45, 7) is 0. The maximum Gasteiger partial charge on any atom is 0.135 e.